The zero-order chi connectivity index (χ0) is 14.2. The lowest BCUT2D eigenvalue weighted by atomic mass is 10.2. The van der Waals surface area contributed by atoms with E-state index in [1.807, 2.05) is 18.2 Å². The summed E-state index contributed by atoms with van der Waals surface area (Å²) in [5.41, 5.74) is 7.94. The Kier molecular flexibility index (Phi) is 3.07. The van der Waals surface area contributed by atoms with E-state index in [4.69, 9.17) is 10.2 Å². The molecular formula is C14H15N5OS. The van der Waals surface area contributed by atoms with Crippen LogP contribution in [0.4, 0.5) is 5.69 Å². The maximum absolute atomic E-state index is 5.91. The highest BCUT2D eigenvalue weighted by atomic mass is 32.2. The third kappa shape index (κ3) is 2.27. The summed E-state index contributed by atoms with van der Waals surface area (Å²) in [6.45, 7) is 0.965. The average molecular weight is 301 g/mol. The lowest BCUT2D eigenvalue weighted by Gasteiger charge is -2.03. The number of oxazole rings is 1. The number of aryl methyl sites for hydroxylation is 1. The molecule has 1 aromatic carbocycles. The predicted octanol–water partition coefficient (Wildman–Crippen LogP) is 2.88. The van der Waals surface area contributed by atoms with Gasteiger partial charge in [-0.05, 0) is 25.0 Å². The summed E-state index contributed by atoms with van der Waals surface area (Å²) in [6.07, 6.45) is 4.59. The summed E-state index contributed by atoms with van der Waals surface area (Å²) in [6, 6.07) is 5.55. The first-order valence-corrected chi connectivity index (χ1v) is 7.88. The highest BCUT2D eigenvalue weighted by molar-refractivity contribution is 7.99. The van der Waals surface area contributed by atoms with Crippen LogP contribution in [0.5, 0.6) is 0 Å². The molecule has 7 heteroatoms. The van der Waals surface area contributed by atoms with Crippen LogP contribution in [0.15, 0.2) is 33.0 Å². The number of hydrogen-bond donors (Lipinski definition) is 1. The standard InChI is InChI=1S/C14H15N5OS/c15-9-5-4-6-10-12(9)16-14(20-10)21-13-18-17-11-7-2-1-3-8-19(11)13/h4-6H,1-3,7-8,15H2. The lowest BCUT2D eigenvalue weighted by Crippen LogP contribution is -2.02. The van der Waals surface area contributed by atoms with E-state index in [0.717, 1.165) is 23.9 Å². The number of nitrogens with two attached hydrogens (primary N) is 1. The number of rotatable bonds is 2. The Morgan fingerprint density at radius 1 is 1.19 bits per heavy atom. The van der Waals surface area contributed by atoms with Gasteiger partial charge < -0.3 is 14.7 Å². The van der Waals surface area contributed by atoms with Gasteiger partial charge in [0.25, 0.3) is 5.22 Å². The molecule has 6 nitrogen and oxygen atoms in total. The van der Waals surface area contributed by atoms with Crippen LogP contribution in [-0.2, 0) is 13.0 Å². The molecule has 0 radical (unpaired) electrons. The molecule has 0 bridgehead atoms. The summed E-state index contributed by atoms with van der Waals surface area (Å²) < 4.78 is 7.91. The van der Waals surface area contributed by atoms with E-state index in [9.17, 15) is 0 Å². The molecule has 1 aliphatic heterocycles. The van der Waals surface area contributed by atoms with Crippen molar-refractivity contribution in [3.8, 4) is 0 Å². The summed E-state index contributed by atoms with van der Waals surface area (Å²) in [5, 5.41) is 9.96. The fourth-order valence-corrected chi connectivity index (χ4v) is 3.42. The molecule has 0 fully saturated rings. The fourth-order valence-electron chi connectivity index (χ4n) is 2.61. The summed E-state index contributed by atoms with van der Waals surface area (Å²) in [4.78, 5) is 4.45. The molecule has 0 saturated carbocycles. The maximum atomic E-state index is 5.91. The number of nitrogen functional groups attached to an aromatic ring is 1. The molecule has 0 amide bonds. The molecule has 0 spiro atoms. The number of nitrogens with zero attached hydrogens (tertiary/aromatic N) is 4. The second-order valence-corrected chi connectivity index (χ2v) is 6.06. The van der Waals surface area contributed by atoms with Crippen molar-refractivity contribution in [3.05, 3.63) is 24.0 Å². The number of aromatic nitrogens is 4. The number of para-hydroxylation sites is 1. The van der Waals surface area contributed by atoms with Crippen LogP contribution >= 0.6 is 11.8 Å². The molecule has 1 aliphatic rings. The van der Waals surface area contributed by atoms with Crippen LogP contribution in [0.1, 0.15) is 25.1 Å². The quantitative estimate of drug-likeness (QED) is 0.733. The molecule has 0 atom stereocenters. The molecule has 4 rings (SSSR count). The van der Waals surface area contributed by atoms with E-state index in [1.54, 1.807) is 0 Å². The van der Waals surface area contributed by atoms with Crippen molar-refractivity contribution >= 4 is 28.5 Å². The predicted molar refractivity (Wildman–Crippen MR) is 80.1 cm³/mol. The number of hydrogen-bond acceptors (Lipinski definition) is 6. The Balaban J connectivity index is 1.68. The minimum atomic E-state index is 0.558. The van der Waals surface area contributed by atoms with Crippen LogP contribution in [-0.4, -0.2) is 19.7 Å². The molecule has 3 heterocycles. The van der Waals surface area contributed by atoms with Gasteiger partial charge in [0.2, 0.25) is 5.16 Å². The number of anilines is 1. The van der Waals surface area contributed by atoms with Gasteiger partial charge in [-0.2, -0.15) is 0 Å². The van der Waals surface area contributed by atoms with Gasteiger partial charge in [-0.15, -0.1) is 10.2 Å². The Bertz CT molecular complexity index is 794. The molecular weight excluding hydrogens is 286 g/mol. The zero-order valence-electron chi connectivity index (χ0n) is 11.5. The zero-order valence-corrected chi connectivity index (χ0v) is 12.3. The van der Waals surface area contributed by atoms with Crippen LogP contribution in [0, 0.1) is 0 Å². The molecule has 0 saturated heterocycles. The van der Waals surface area contributed by atoms with Gasteiger partial charge in [0.15, 0.2) is 5.58 Å². The van der Waals surface area contributed by atoms with Crippen molar-refractivity contribution in [1.29, 1.82) is 0 Å². The van der Waals surface area contributed by atoms with Gasteiger partial charge in [0, 0.05) is 24.7 Å². The van der Waals surface area contributed by atoms with Gasteiger partial charge >= 0.3 is 0 Å². The molecule has 21 heavy (non-hydrogen) atoms. The van der Waals surface area contributed by atoms with Gasteiger partial charge in [-0.3, -0.25) is 0 Å². The van der Waals surface area contributed by atoms with Gasteiger partial charge in [0.1, 0.15) is 11.3 Å². The second kappa shape index (κ2) is 5.07. The largest absolute Gasteiger partial charge is 0.431 e. The first kappa shape index (κ1) is 12.7. The van der Waals surface area contributed by atoms with Crippen molar-refractivity contribution < 1.29 is 4.42 Å². The van der Waals surface area contributed by atoms with Crippen molar-refractivity contribution in [2.24, 2.45) is 0 Å². The first-order valence-electron chi connectivity index (χ1n) is 7.06. The molecule has 2 aromatic heterocycles. The summed E-state index contributed by atoms with van der Waals surface area (Å²) in [5.74, 6) is 1.06. The molecule has 0 unspecified atom stereocenters. The van der Waals surface area contributed by atoms with Gasteiger partial charge in [-0.1, -0.05) is 12.5 Å². The third-order valence-corrected chi connectivity index (χ3v) is 4.52. The Hall–Kier alpha value is -2.02. The number of benzene rings is 1. The molecule has 3 aromatic rings. The normalized spacial score (nSPS) is 15.0. The highest BCUT2D eigenvalue weighted by Gasteiger charge is 2.18. The van der Waals surface area contributed by atoms with Crippen molar-refractivity contribution in [2.45, 2.75) is 42.6 Å². The van der Waals surface area contributed by atoms with E-state index in [-0.39, 0.29) is 0 Å². The summed E-state index contributed by atoms with van der Waals surface area (Å²) in [7, 11) is 0. The SMILES string of the molecule is Nc1cccc2oc(Sc3nnc4n3CCCCC4)nc12. The highest BCUT2D eigenvalue weighted by Crippen LogP contribution is 2.31. The van der Waals surface area contributed by atoms with Crippen LogP contribution in [0.25, 0.3) is 11.1 Å². The smallest absolute Gasteiger partial charge is 0.264 e. The van der Waals surface area contributed by atoms with Gasteiger partial charge in [-0.25, -0.2) is 4.98 Å². The van der Waals surface area contributed by atoms with Crippen molar-refractivity contribution in [1.82, 2.24) is 19.7 Å². The van der Waals surface area contributed by atoms with E-state index in [1.165, 1.54) is 31.0 Å². The first-order chi connectivity index (χ1) is 10.3. The van der Waals surface area contributed by atoms with Crippen LogP contribution < -0.4 is 5.73 Å². The maximum Gasteiger partial charge on any atom is 0.264 e. The van der Waals surface area contributed by atoms with Crippen molar-refractivity contribution in [3.63, 3.8) is 0 Å². The molecule has 2 N–H and O–H groups in total. The topological polar surface area (TPSA) is 82.8 Å². The number of fused-ring (bicyclic) bond motifs is 2. The minimum absolute atomic E-state index is 0.558. The third-order valence-electron chi connectivity index (χ3n) is 3.68. The van der Waals surface area contributed by atoms with E-state index in [0.29, 0.717) is 22.0 Å². The Morgan fingerprint density at radius 2 is 2.14 bits per heavy atom. The van der Waals surface area contributed by atoms with E-state index >= 15 is 0 Å². The van der Waals surface area contributed by atoms with Crippen LogP contribution in [0.3, 0.4) is 0 Å². The average Bonchev–Trinajstić information content (AvgIpc) is 2.97. The van der Waals surface area contributed by atoms with E-state index in [2.05, 4.69) is 19.7 Å². The minimum Gasteiger partial charge on any atom is -0.431 e. The van der Waals surface area contributed by atoms with Crippen molar-refractivity contribution in [2.75, 3.05) is 5.73 Å². The van der Waals surface area contributed by atoms with Crippen LogP contribution in [0.2, 0.25) is 0 Å². The molecule has 108 valence electrons. The molecule has 0 aliphatic carbocycles. The van der Waals surface area contributed by atoms with E-state index < -0.39 is 0 Å². The Morgan fingerprint density at radius 3 is 3.05 bits per heavy atom. The summed E-state index contributed by atoms with van der Waals surface area (Å²) >= 11 is 1.41. The fraction of sp³-hybridized carbons (Fsp3) is 0.357. The monoisotopic (exact) mass is 301 g/mol. The second-order valence-electron chi connectivity index (χ2n) is 5.14. The Labute approximate surface area is 125 Å². The lowest BCUT2D eigenvalue weighted by molar-refractivity contribution is 0.486. The van der Waals surface area contributed by atoms with Gasteiger partial charge in [0.05, 0.1) is 5.69 Å².